The van der Waals surface area contributed by atoms with Crippen molar-refractivity contribution >= 4 is 11.6 Å². The van der Waals surface area contributed by atoms with E-state index in [1.807, 2.05) is 0 Å². The van der Waals surface area contributed by atoms with Crippen LogP contribution >= 0.6 is 11.6 Å². The van der Waals surface area contributed by atoms with Gasteiger partial charge >= 0.3 is 0 Å². The van der Waals surface area contributed by atoms with Crippen molar-refractivity contribution in [1.82, 2.24) is 0 Å². The van der Waals surface area contributed by atoms with E-state index in [4.69, 9.17) is 26.5 Å². The largest absolute Gasteiger partial charge is 0.496 e. The lowest BCUT2D eigenvalue weighted by molar-refractivity contribution is 0.401. The predicted molar refractivity (Wildman–Crippen MR) is 62.7 cm³/mol. The molecule has 5 heteroatoms. The van der Waals surface area contributed by atoms with Crippen LogP contribution in [-0.4, -0.2) is 7.11 Å². The van der Waals surface area contributed by atoms with Crippen LogP contribution in [0.4, 0.5) is 4.39 Å². The molecule has 3 nitrogen and oxygen atoms in total. The van der Waals surface area contributed by atoms with Gasteiger partial charge in [-0.1, -0.05) is 0 Å². The molecule has 0 fully saturated rings. The standard InChI is InChI=1S/C12H11ClFNO2/c1-16-9-3-2-7(14)6-8(9)12(15)10-4-5-11(13)17-10/h2-6,12H,15H2,1H3. The molecule has 0 aliphatic heterocycles. The van der Waals surface area contributed by atoms with Crippen LogP contribution in [0.3, 0.4) is 0 Å². The third-order valence-corrected chi connectivity index (χ3v) is 2.63. The Bertz CT molecular complexity index is 527. The maximum absolute atomic E-state index is 13.2. The maximum atomic E-state index is 13.2. The molecule has 17 heavy (non-hydrogen) atoms. The average Bonchev–Trinajstić information content (AvgIpc) is 2.75. The van der Waals surface area contributed by atoms with E-state index in [0.717, 1.165) is 0 Å². The first-order valence-corrected chi connectivity index (χ1v) is 5.34. The first kappa shape index (κ1) is 12.0. The minimum absolute atomic E-state index is 0.241. The van der Waals surface area contributed by atoms with Crippen LogP contribution in [0.5, 0.6) is 5.75 Å². The number of hydrogen-bond acceptors (Lipinski definition) is 3. The molecule has 0 radical (unpaired) electrons. The van der Waals surface area contributed by atoms with Gasteiger partial charge in [0.05, 0.1) is 13.2 Å². The Balaban J connectivity index is 2.42. The lowest BCUT2D eigenvalue weighted by Gasteiger charge is -2.13. The molecule has 0 spiro atoms. The van der Waals surface area contributed by atoms with E-state index in [9.17, 15) is 4.39 Å². The van der Waals surface area contributed by atoms with Crippen LogP contribution in [0.15, 0.2) is 34.7 Å². The minimum Gasteiger partial charge on any atom is -0.496 e. The van der Waals surface area contributed by atoms with Gasteiger partial charge in [0, 0.05) is 5.56 Å². The molecule has 0 aliphatic rings. The molecule has 1 aromatic carbocycles. The van der Waals surface area contributed by atoms with Gasteiger partial charge in [0.15, 0.2) is 5.22 Å². The molecule has 0 saturated carbocycles. The highest BCUT2D eigenvalue weighted by molar-refractivity contribution is 6.28. The van der Waals surface area contributed by atoms with Gasteiger partial charge in [-0.25, -0.2) is 4.39 Å². The SMILES string of the molecule is COc1ccc(F)cc1C(N)c1ccc(Cl)o1. The summed E-state index contributed by atoms with van der Waals surface area (Å²) in [4.78, 5) is 0. The third kappa shape index (κ3) is 2.43. The molecule has 1 unspecified atom stereocenters. The van der Waals surface area contributed by atoms with Crippen LogP contribution in [0.1, 0.15) is 17.4 Å². The van der Waals surface area contributed by atoms with Gasteiger partial charge in [0.1, 0.15) is 17.3 Å². The second-order valence-corrected chi connectivity index (χ2v) is 3.88. The highest BCUT2D eigenvalue weighted by Crippen LogP contribution is 2.30. The van der Waals surface area contributed by atoms with Crippen molar-refractivity contribution < 1.29 is 13.5 Å². The Hall–Kier alpha value is -1.52. The molecule has 1 atom stereocenters. The summed E-state index contributed by atoms with van der Waals surface area (Å²) in [6.45, 7) is 0. The number of nitrogens with two attached hydrogens (primary N) is 1. The van der Waals surface area contributed by atoms with Crippen LogP contribution in [0, 0.1) is 5.82 Å². The molecule has 0 saturated heterocycles. The summed E-state index contributed by atoms with van der Waals surface area (Å²) in [6.07, 6.45) is 0. The third-order valence-electron chi connectivity index (χ3n) is 2.43. The number of methoxy groups -OCH3 is 1. The lowest BCUT2D eigenvalue weighted by Crippen LogP contribution is -2.12. The second kappa shape index (κ2) is 4.77. The van der Waals surface area contributed by atoms with Gasteiger partial charge in [0.2, 0.25) is 0 Å². The van der Waals surface area contributed by atoms with Crippen molar-refractivity contribution in [2.45, 2.75) is 6.04 Å². The topological polar surface area (TPSA) is 48.4 Å². The van der Waals surface area contributed by atoms with E-state index in [1.165, 1.54) is 25.3 Å². The fraction of sp³-hybridized carbons (Fsp3) is 0.167. The summed E-state index contributed by atoms with van der Waals surface area (Å²) in [5, 5.41) is 0.241. The number of ether oxygens (including phenoxy) is 1. The van der Waals surface area contributed by atoms with Crippen molar-refractivity contribution in [2.24, 2.45) is 5.73 Å². The molecule has 2 aromatic rings. The zero-order valence-corrected chi connectivity index (χ0v) is 9.87. The molecule has 2 N–H and O–H groups in total. The van der Waals surface area contributed by atoms with Crippen molar-refractivity contribution in [3.8, 4) is 5.75 Å². The molecule has 1 heterocycles. The molecule has 0 aliphatic carbocycles. The van der Waals surface area contributed by atoms with E-state index in [0.29, 0.717) is 17.1 Å². The van der Waals surface area contributed by atoms with E-state index < -0.39 is 6.04 Å². The molecule has 2 rings (SSSR count). The highest BCUT2D eigenvalue weighted by Gasteiger charge is 2.18. The van der Waals surface area contributed by atoms with Crippen molar-refractivity contribution in [1.29, 1.82) is 0 Å². The van der Waals surface area contributed by atoms with Gasteiger partial charge in [0.25, 0.3) is 0 Å². The molecule has 90 valence electrons. The van der Waals surface area contributed by atoms with Gasteiger partial charge in [-0.15, -0.1) is 0 Å². The fourth-order valence-corrected chi connectivity index (χ4v) is 1.75. The monoisotopic (exact) mass is 255 g/mol. The Morgan fingerprint density at radius 3 is 2.71 bits per heavy atom. The van der Waals surface area contributed by atoms with Crippen LogP contribution in [-0.2, 0) is 0 Å². The zero-order chi connectivity index (χ0) is 12.4. The summed E-state index contributed by atoms with van der Waals surface area (Å²) in [5.74, 6) is 0.583. The Labute approximate surface area is 103 Å². The van der Waals surface area contributed by atoms with Gasteiger partial charge in [-0.05, 0) is 41.9 Å². The molecule has 0 amide bonds. The van der Waals surface area contributed by atoms with Gasteiger partial charge in [-0.3, -0.25) is 0 Å². The summed E-state index contributed by atoms with van der Waals surface area (Å²) < 4.78 is 23.5. The first-order chi connectivity index (χ1) is 8.11. The number of benzene rings is 1. The van der Waals surface area contributed by atoms with Crippen LogP contribution < -0.4 is 10.5 Å². The van der Waals surface area contributed by atoms with Crippen molar-refractivity contribution in [2.75, 3.05) is 7.11 Å². The predicted octanol–water partition coefficient (Wildman–Crippen LogP) is 3.13. The van der Waals surface area contributed by atoms with Crippen molar-refractivity contribution in [3.05, 3.63) is 52.7 Å². The Morgan fingerprint density at radius 2 is 2.12 bits per heavy atom. The normalized spacial score (nSPS) is 12.5. The smallest absolute Gasteiger partial charge is 0.193 e. The lowest BCUT2D eigenvalue weighted by atomic mass is 10.0. The molecule has 0 bridgehead atoms. The fourth-order valence-electron chi connectivity index (χ4n) is 1.60. The number of furan rings is 1. The van der Waals surface area contributed by atoms with E-state index in [2.05, 4.69) is 0 Å². The Kier molecular flexibility index (Phi) is 3.36. The minimum atomic E-state index is -0.617. The number of rotatable bonds is 3. The summed E-state index contributed by atoms with van der Waals surface area (Å²) in [6, 6.07) is 6.77. The van der Waals surface area contributed by atoms with E-state index in [1.54, 1.807) is 12.1 Å². The van der Waals surface area contributed by atoms with Crippen LogP contribution in [0.25, 0.3) is 0 Å². The highest BCUT2D eigenvalue weighted by atomic mass is 35.5. The molecular formula is C12H11ClFNO2. The number of hydrogen-bond donors (Lipinski definition) is 1. The summed E-state index contributed by atoms with van der Waals surface area (Å²) >= 11 is 5.67. The van der Waals surface area contributed by atoms with Gasteiger partial charge in [-0.2, -0.15) is 0 Å². The first-order valence-electron chi connectivity index (χ1n) is 4.96. The Morgan fingerprint density at radius 1 is 1.35 bits per heavy atom. The molecule has 1 aromatic heterocycles. The van der Waals surface area contributed by atoms with E-state index >= 15 is 0 Å². The summed E-state index contributed by atoms with van der Waals surface area (Å²) in [7, 11) is 1.50. The molecular weight excluding hydrogens is 245 g/mol. The number of halogens is 2. The second-order valence-electron chi connectivity index (χ2n) is 3.51. The maximum Gasteiger partial charge on any atom is 0.193 e. The quantitative estimate of drug-likeness (QED) is 0.917. The zero-order valence-electron chi connectivity index (χ0n) is 9.11. The van der Waals surface area contributed by atoms with Gasteiger partial charge < -0.3 is 14.9 Å². The van der Waals surface area contributed by atoms with Crippen LogP contribution in [0.2, 0.25) is 5.22 Å². The van der Waals surface area contributed by atoms with Crippen molar-refractivity contribution in [3.63, 3.8) is 0 Å². The summed E-state index contributed by atoms with van der Waals surface area (Å²) in [5.41, 5.74) is 6.49. The average molecular weight is 256 g/mol. The van der Waals surface area contributed by atoms with E-state index in [-0.39, 0.29) is 11.0 Å².